The highest BCUT2D eigenvalue weighted by molar-refractivity contribution is 14.1. The van der Waals surface area contributed by atoms with Crippen LogP contribution < -0.4 is 0 Å². The van der Waals surface area contributed by atoms with Crippen molar-refractivity contribution in [1.29, 1.82) is 0 Å². The van der Waals surface area contributed by atoms with Crippen LogP contribution in [0.25, 0.3) is 0 Å². The number of rotatable bonds is 1. The molecule has 1 rings (SSSR count). The molecule has 0 radical (unpaired) electrons. The zero-order chi connectivity index (χ0) is 10.8. The Labute approximate surface area is 91.0 Å². The summed E-state index contributed by atoms with van der Waals surface area (Å²) < 4.78 is 36.9. The van der Waals surface area contributed by atoms with E-state index >= 15 is 0 Å². The van der Waals surface area contributed by atoms with Crippen LogP contribution in [0.4, 0.5) is 18.9 Å². The molecule has 0 amide bonds. The van der Waals surface area contributed by atoms with Gasteiger partial charge in [0.15, 0.2) is 0 Å². The van der Waals surface area contributed by atoms with Gasteiger partial charge < -0.3 is 0 Å². The lowest BCUT2D eigenvalue weighted by Crippen LogP contribution is -2.07. The van der Waals surface area contributed by atoms with E-state index in [0.717, 1.165) is 6.07 Å². The van der Waals surface area contributed by atoms with Gasteiger partial charge in [-0.15, -0.1) is 0 Å². The molecule has 1 aromatic rings. The van der Waals surface area contributed by atoms with Gasteiger partial charge >= 0.3 is 6.18 Å². The summed E-state index contributed by atoms with van der Waals surface area (Å²) in [4.78, 5) is 13.1. The predicted molar refractivity (Wildman–Crippen MR) is 51.9 cm³/mol. The summed E-state index contributed by atoms with van der Waals surface area (Å²) in [5, 5.41) is 0. The van der Waals surface area contributed by atoms with Crippen LogP contribution in [0, 0.1) is 3.57 Å². The molecule has 0 saturated heterocycles. The first kappa shape index (κ1) is 11.2. The number of isocyanates is 1. The molecule has 0 heterocycles. The molecular weight excluding hydrogens is 310 g/mol. The topological polar surface area (TPSA) is 29.4 Å². The molecule has 14 heavy (non-hydrogen) atoms. The lowest BCUT2D eigenvalue weighted by atomic mass is 10.2. The van der Waals surface area contributed by atoms with Crippen molar-refractivity contribution < 1.29 is 18.0 Å². The van der Waals surface area contributed by atoms with Gasteiger partial charge in [0, 0.05) is 0 Å². The number of hydrogen-bond acceptors (Lipinski definition) is 2. The molecule has 0 aromatic heterocycles. The van der Waals surface area contributed by atoms with Gasteiger partial charge in [0.2, 0.25) is 6.08 Å². The number of nitrogens with zero attached hydrogens (tertiary/aromatic N) is 1. The molecule has 0 atom stereocenters. The van der Waals surface area contributed by atoms with Gasteiger partial charge in [-0.05, 0) is 34.7 Å². The Balaban J connectivity index is 3.34. The van der Waals surface area contributed by atoms with E-state index in [1.165, 1.54) is 40.8 Å². The molecule has 1 aromatic carbocycles. The molecule has 0 spiro atoms. The van der Waals surface area contributed by atoms with Crippen molar-refractivity contribution in [3.63, 3.8) is 0 Å². The molecule has 0 aliphatic rings. The Hall–Kier alpha value is -0.880. The van der Waals surface area contributed by atoms with E-state index in [-0.39, 0.29) is 9.26 Å². The number of benzene rings is 1. The lowest BCUT2D eigenvalue weighted by Gasteiger charge is -2.09. The highest BCUT2D eigenvalue weighted by Gasteiger charge is 2.33. The molecular formula is C8H3F3INO. The van der Waals surface area contributed by atoms with Crippen molar-refractivity contribution in [3.05, 3.63) is 27.3 Å². The third kappa shape index (κ3) is 2.33. The van der Waals surface area contributed by atoms with Crippen molar-refractivity contribution in [2.45, 2.75) is 6.18 Å². The molecule has 6 heteroatoms. The second-order valence-corrected chi connectivity index (χ2v) is 3.42. The standard InChI is InChI=1S/C8H3F3INO/c9-8(10,11)5-2-1-3-6(7(5)12)13-4-14/h1-3H. The van der Waals surface area contributed by atoms with Crippen LogP contribution in [0.5, 0.6) is 0 Å². The number of alkyl halides is 3. The van der Waals surface area contributed by atoms with Crippen molar-refractivity contribution in [3.8, 4) is 0 Å². The SMILES string of the molecule is O=C=Nc1cccc(C(F)(F)F)c1I. The van der Waals surface area contributed by atoms with Crippen molar-refractivity contribution in [2.24, 2.45) is 4.99 Å². The quantitative estimate of drug-likeness (QED) is 0.444. The summed E-state index contributed by atoms with van der Waals surface area (Å²) in [7, 11) is 0. The average molecular weight is 313 g/mol. The van der Waals surface area contributed by atoms with E-state index in [0.29, 0.717) is 0 Å². The molecule has 2 nitrogen and oxygen atoms in total. The van der Waals surface area contributed by atoms with Crippen LogP contribution >= 0.6 is 22.6 Å². The minimum absolute atomic E-state index is 0.0181. The molecule has 74 valence electrons. The van der Waals surface area contributed by atoms with Crippen LogP contribution in [0.2, 0.25) is 0 Å². The van der Waals surface area contributed by atoms with E-state index in [2.05, 4.69) is 4.99 Å². The van der Waals surface area contributed by atoms with Crippen molar-refractivity contribution >= 4 is 34.4 Å². The first-order valence-corrected chi connectivity index (χ1v) is 4.48. The predicted octanol–water partition coefficient (Wildman–Crippen LogP) is 3.28. The van der Waals surface area contributed by atoms with Gasteiger partial charge in [-0.1, -0.05) is 6.07 Å². The van der Waals surface area contributed by atoms with Crippen molar-refractivity contribution in [1.82, 2.24) is 0 Å². The minimum Gasteiger partial charge on any atom is -0.211 e. The fourth-order valence-electron chi connectivity index (χ4n) is 0.874. The van der Waals surface area contributed by atoms with E-state index in [1.54, 1.807) is 0 Å². The maximum Gasteiger partial charge on any atom is 0.417 e. The Morgan fingerprint density at radius 3 is 2.50 bits per heavy atom. The summed E-state index contributed by atoms with van der Waals surface area (Å²) in [6.45, 7) is 0. The summed E-state index contributed by atoms with van der Waals surface area (Å²) in [6, 6.07) is 3.45. The minimum atomic E-state index is -4.43. The zero-order valence-electron chi connectivity index (χ0n) is 6.60. The highest BCUT2D eigenvalue weighted by Crippen LogP contribution is 2.36. The second kappa shape index (κ2) is 4.10. The Morgan fingerprint density at radius 1 is 1.36 bits per heavy atom. The lowest BCUT2D eigenvalue weighted by molar-refractivity contribution is -0.138. The van der Waals surface area contributed by atoms with Gasteiger partial charge in [0.1, 0.15) is 0 Å². The second-order valence-electron chi connectivity index (χ2n) is 2.34. The summed E-state index contributed by atoms with van der Waals surface area (Å²) in [6.07, 6.45) is -3.22. The average Bonchev–Trinajstić information content (AvgIpc) is 2.07. The van der Waals surface area contributed by atoms with Crippen LogP contribution in [0.15, 0.2) is 23.2 Å². The smallest absolute Gasteiger partial charge is 0.211 e. The Kier molecular flexibility index (Phi) is 3.28. The maximum absolute atomic E-state index is 12.3. The van der Waals surface area contributed by atoms with Gasteiger partial charge in [0.05, 0.1) is 14.8 Å². The maximum atomic E-state index is 12.3. The van der Waals surface area contributed by atoms with E-state index in [1.807, 2.05) is 0 Å². The Bertz CT molecular complexity index is 396. The number of halogens is 4. The molecule has 0 fully saturated rings. The van der Waals surface area contributed by atoms with Crippen LogP contribution in [-0.2, 0) is 11.0 Å². The van der Waals surface area contributed by atoms with Gasteiger partial charge in [-0.3, -0.25) is 0 Å². The first-order valence-electron chi connectivity index (χ1n) is 3.40. The van der Waals surface area contributed by atoms with Gasteiger partial charge in [-0.25, -0.2) is 4.79 Å². The molecule has 0 unspecified atom stereocenters. The molecule has 0 N–H and O–H groups in total. The number of aliphatic imine (C=N–C) groups is 1. The molecule has 0 aliphatic heterocycles. The summed E-state index contributed by atoms with van der Waals surface area (Å²) >= 11 is 1.50. The van der Waals surface area contributed by atoms with E-state index in [4.69, 9.17) is 0 Å². The monoisotopic (exact) mass is 313 g/mol. The first-order chi connectivity index (χ1) is 6.46. The zero-order valence-corrected chi connectivity index (χ0v) is 8.76. The van der Waals surface area contributed by atoms with Crippen LogP contribution in [0.1, 0.15) is 5.56 Å². The fraction of sp³-hybridized carbons (Fsp3) is 0.125. The molecule has 0 bridgehead atoms. The Morgan fingerprint density at radius 2 is 2.00 bits per heavy atom. The van der Waals surface area contributed by atoms with Gasteiger partial charge in [0.25, 0.3) is 0 Å². The van der Waals surface area contributed by atoms with Crippen molar-refractivity contribution in [2.75, 3.05) is 0 Å². The third-order valence-corrected chi connectivity index (χ3v) is 2.58. The van der Waals surface area contributed by atoms with Crippen LogP contribution in [-0.4, -0.2) is 6.08 Å². The third-order valence-electron chi connectivity index (χ3n) is 1.45. The molecule has 0 saturated carbocycles. The summed E-state index contributed by atoms with van der Waals surface area (Å²) in [5.41, 5.74) is -0.815. The fourth-order valence-corrected chi connectivity index (χ4v) is 1.66. The normalized spacial score (nSPS) is 10.9. The highest BCUT2D eigenvalue weighted by atomic mass is 127. The van der Waals surface area contributed by atoms with Crippen LogP contribution in [0.3, 0.4) is 0 Å². The summed E-state index contributed by atoms with van der Waals surface area (Å²) in [5.74, 6) is 0. The van der Waals surface area contributed by atoms with Gasteiger partial charge in [-0.2, -0.15) is 18.2 Å². The number of carbonyl (C=O) groups excluding carboxylic acids is 1. The molecule has 0 aliphatic carbocycles. The van der Waals surface area contributed by atoms with E-state index < -0.39 is 11.7 Å². The number of hydrogen-bond donors (Lipinski definition) is 0. The largest absolute Gasteiger partial charge is 0.417 e. The van der Waals surface area contributed by atoms with E-state index in [9.17, 15) is 18.0 Å².